The van der Waals surface area contributed by atoms with E-state index in [1.807, 2.05) is 13.1 Å². The number of nitrogens with one attached hydrogen (secondary N) is 3. The second-order valence-corrected chi connectivity index (χ2v) is 12.4. The topological polar surface area (TPSA) is 131 Å². The molecule has 214 valence electrons. The summed E-state index contributed by atoms with van der Waals surface area (Å²) in [5, 5.41) is 17.7. The zero-order valence-electron chi connectivity index (χ0n) is 22.0. The number of likely N-dealkylation sites (tertiary alicyclic amines) is 1. The van der Waals surface area contributed by atoms with Crippen LogP contribution in [0.4, 0.5) is 0 Å². The van der Waals surface area contributed by atoms with Crippen molar-refractivity contribution >= 4 is 64.0 Å². The van der Waals surface area contributed by atoms with Gasteiger partial charge in [0.25, 0.3) is 11.8 Å². The fourth-order valence-electron chi connectivity index (χ4n) is 5.74. The quantitative estimate of drug-likeness (QED) is 0.353. The third kappa shape index (κ3) is 5.84. The molecule has 3 aromatic rings. The molecule has 1 aliphatic carbocycles. The second kappa shape index (κ2) is 11.7. The van der Waals surface area contributed by atoms with Crippen molar-refractivity contribution in [1.29, 1.82) is 0 Å². The summed E-state index contributed by atoms with van der Waals surface area (Å²) >= 11 is 7.50. The van der Waals surface area contributed by atoms with Gasteiger partial charge >= 0.3 is 0 Å². The molecular formula is C27H32Cl2N6O4S. The normalized spacial score (nSPS) is 23.2. The van der Waals surface area contributed by atoms with Crippen LogP contribution >= 0.6 is 35.3 Å². The van der Waals surface area contributed by atoms with Gasteiger partial charge in [0.05, 0.1) is 17.8 Å². The van der Waals surface area contributed by atoms with Gasteiger partial charge in [0.2, 0.25) is 5.91 Å². The maximum atomic E-state index is 13.3. The third-order valence-electron chi connectivity index (χ3n) is 7.95. The first-order chi connectivity index (χ1) is 18.7. The fourth-order valence-corrected chi connectivity index (χ4v) is 7.01. The van der Waals surface area contributed by atoms with Crippen LogP contribution in [0.25, 0.3) is 10.9 Å². The summed E-state index contributed by atoms with van der Waals surface area (Å²) in [5.41, 5.74) is 2.18. The molecule has 1 saturated carbocycles. The van der Waals surface area contributed by atoms with Crippen molar-refractivity contribution in [1.82, 2.24) is 30.4 Å². The molecule has 1 saturated heterocycles. The molecule has 4 N–H and O–H groups in total. The third-order valence-corrected chi connectivity index (χ3v) is 9.27. The molecule has 0 bridgehead atoms. The minimum atomic E-state index is -0.471. The van der Waals surface area contributed by atoms with Crippen LogP contribution in [0, 0.1) is 5.92 Å². The highest BCUT2D eigenvalue weighted by Crippen LogP contribution is 2.30. The number of rotatable bonds is 5. The summed E-state index contributed by atoms with van der Waals surface area (Å²) in [4.78, 5) is 52.3. The van der Waals surface area contributed by atoms with Crippen molar-refractivity contribution in [3.05, 3.63) is 50.6 Å². The Balaban J connectivity index is 0.00000323. The average Bonchev–Trinajstić information content (AvgIpc) is 3.51. The Morgan fingerprint density at radius 1 is 1.12 bits per heavy atom. The van der Waals surface area contributed by atoms with Gasteiger partial charge < -0.3 is 30.5 Å². The Hall–Kier alpha value is -2.70. The van der Waals surface area contributed by atoms with Crippen LogP contribution in [0.15, 0.2) is 24.3 Å². The Morgan fingerprint density at radius 3 is 2.67 bits per heavy atom. The monoisotopic (exact) mass is 606 g/mol. The molecule has 13 heteroatoms. The Labute approximate surface area is 246 Å². The summed E-state index contributed by atoms with van der Waals surface area (Å²) in [7, 11) is 2.05. The Bertz CT molecular complexity index is 1440. The number of nitrogens with zero attached hydrogens (tertiary/aromatic N) is 3. The van der Waals surface area contributed by atoms with E-state index in [4.69, 9.17) is 11.6 Å². The molecule has 10 nitrogen and oxygen atoms in total. The van der Waals surface area contributed by atoms with E-state index in [-0.39, 0.29) is 42.1 Å². The lowest BCUT2D eigenvalue weighted by molar-refractivity contribution is -0.147. The zero-order valence-corrected chi connectivity index (χ0v) is 24.4. The number of carbonyl (C=O) groups excluding carboxylic acids is 3. The molecule has 40 heavy (non-hydrogen) atoms. The summed E-state index contributed by atoms with van der Waals surface area (Å²) in [6.07, 6.45) is 1.86. The Kier molecular flexibility index (Phi) is 8.40. The molecule has 2 aromatic heterocycles. The zero-order chi connectivity index (χ0) is 27.3. The minimum absolute atomic E-state index is 0. The first-order valence-corrected chi connectivity index (χ1v) is 14.5. The standard InChI is InChI=1S/C27H31ClN6O4S.ClH/c1-33-7-6-20-23(13-33)39-26(32-20)25(37)31-21-9-14(27(38)34-11-17(35)12-34)2-4-19(21)30-24(36)22-10-15-8-16(28)3-5-18(15)29-22;/h3,5,8,10,14,17,19,21,29,35H,2,4,6-7,9,11-13H2,1H3,(H,30,36)(H,31,37);1H/t14-,19-,21+;/m0./s1. The van der Waals surface area contributed by atoms with Gasteiger partial charge in [-0.2, -0.15) is 0 Å². The van der Waals surface area contributed by atoms with Crippen molar-refractivity contribution in [2.45, 2.75) is 50.4 Å². The first-order valence-electron chi connectivity index (χ1n) is 13.3. The lowest BCUT2D eigenvalue weighted by Gasteiger charge is -2.42. The first kappa shape index (κ1) is 28.8. The summed E-state index contributed by atoms with van der Waals surface area (Å²) in [6.45, 7) is 2.37. The number of carbonyl (C=O) groups is 3. The molecule has 3 amide bonds. The molecule has 0 unspecified atom stereocenters. The van der Waals surface area contributed by atoms with E-state index in [1.54, 1.807) is 23.1 Å². The van der Waals surface area contributed by atoms with Crippen LogP contribution in [-0.2, 0) is 17.8 Å². The van der Waals surface area contributed by atoms with Crippen LogP contribution in [0.2, 0.25) is 5.02 Å². The van der Waals surface area contributed by atoms with E-state index in [0.29, 0.717) is 48.1 Å². The predicted molar refractivity (Wildman–Crippen MR) is 155 cm³/mol. The highest BCUT2D eigenvalue weighted by molar-refractivity contribution is 7.13. The lowest BCUT2D eigenvalue weighted by atomic mass is 9.80. The maximum Gasteiger partial charge on any atom is 0.280 e. The molecule has 3 atom stereocenters. The van der Waals surface area contributed by atoms with Gasteiger partial charge in [-0.25, -0.2) is 4.98 Å². The van der Waals surface area contributed by atoms with E-state index < -0.39 is 12.1 Å². The van der Waals surface area contributed by atoms with Gasteiger partial charge in [0.15, 0.2) is 5.01 Å². The van der Waals surface area contributed by atoms with Gasteiger partial charge in [-0.1, -0.05) is 11.6 Å². The fraction of sp³-hybridized carbons (Fsp3) is 0.481. The lowest BCUT2D eigenvalue weighted by Crippen LogP contribution is -2.59. The van der Waals surface area contributed by atoms with Crippen LogP contribution in [0.3, 0.4) is 0 Å². The smallest absolute Gasteiger partial charge is 0.280 e. The van der Waals surface area contributed by atoms with E-state index in [0.717, 1.165) is 41.0 Å². The number of aliphatic hydroxyl groups is 1. The maximum absolute atomic E-state index is 13.3. The summed E-state index contributed by atoms with van der Waals surface area (Å²) in [6, 6.07) is 6.33. The number of aromatic nitrogens is 2. The number of aliphatic hydroxyl groups excluding tert-OH is 1. The number of hydrogen-bond acceptors (Lipinski definition) is 7. The van der Waals surface area contributed by atoms with Crippen molar-refractivity contribution in [3.8, 4) is 0 Å². The highest BCUT2D eigenvalue weighted by atomic mass is 35.5. The SMILES string of the molecule is CN1CCc2nc(C(=O)N[C@@H]3C[C@@H](C(=O)N4CC(O)C4)CC[C@@H]3NC(=O)c3cc4cc(Cl)ccc4[nH]3)sc2C1.Cl. The van der Waals surface area contributed by atoms with E-state index >= 15 is 0 Å². The van der Waals surface area contributed by atoms with Crippen molar-refractivity contribution in [2.75, 3.05) is 26.7 Å². The molecule has 4 heterocycles. The number of fused-ring (bicyclic) bond motifs is 2. The predicted octanol–water partition coefficient (Wildman–Crippen LogP) is 2.59. The number of thiazole rings is 1. The number of halogens is 2. The largest absolute Gasteiger partial charge is 0.389 e. The molecule has 2 aliphatic heterocycles. The van der Waals surface area contributed by atoms with E-state index in [1.165, 1.54) is 11.3 Å². The van der Waals surface area contributed by atoms with Crippen molar-refractivity contribution in [3.63, 3.8) is 0 Å². The Morgan fingerprint density at radius 2 is 1.90 bits per heavy atom. The second-order valence-electron chi connectivity index (χ2n) is 10.9. The molecule has 3 aliphatic rings. The van der Waals surface area contributed by atoms with Crippen LogP contribution < -0.4 is 10.6 Å². The number of hydrogen-bond donors (Lipinski definition) is 4. The number of likely N-dealkylation sites (N-methyl/N-ethyl adjacent to an activating group) is 1. The summed E-state index contributed by atoms with van der Waals surface area (Å²) < 4.78 is 0. The molecule has 6 rings (SSSR count). The van der Waals surface area contributed by atoms with Crippen molar-refractivity contribution < 1.29 is 19.5 Å². The molecule has 0 radical (unpaired) electrons. The molecule has 1 aromatic carbocycles. The number of benzene rings is 1. The van der Waals surface area contributed by atoms with Crippen molar-refractivity contribution in [2.24, 2.45) is 5.92 Å². The summed E-state index contributed by atoms with van der Waals surface area (Å²) in [5.74, 6) is -0.863. The van der Waals surface area contributed by atoms with Gasteiger partial charge in [0, 0.05) is 65.4 Å². The van der Waals surface area contributed by atoms with Gasteiger partial charge in [-0.15, -0.1) is 23.7 Å². The molecular weight excluding hydrogens is 575 g/mol. The van der Waals surface area contributed by atoms with Gasteiger partial charge in [-0.3, -0.25) is 14.4 Å². The van der Waals surface area contributed by atoms with E-state index in [2.05, 4.69) is 25.5 Å². The van der Waals surface area contributed by atoms with Gasteiger partial charge in [-0.05, 0) is 50.6 Å². The number of β-amino-alcohol motifs (C(OH)–C–C–N with tert-alkyl or cyclic N) is 1. The average molecular weight is 608 g/mol. The van der Waals surface area contributed by atoms with Crippen LogP contribution in [-0.4, -0.2) is 87.5 Å². The number of amides is 3. The number of H-pyrrole nitrogens is 1. The van der Waals surface area contributed by atoms with Crippen LogP contribution in [0.1, 0.15) is 50.1 Å². The van der Waals surface area contributed by atoms with Crippen LogP contribution in [0.5, 0.6) is 0 Å². The van der Waals surface area contributed by atoms with E-state index in [9.17, 15) is 19.5 Å². The molecule has 0 spiro atoms. The van der Waals surface area contributed by atoms with Gasteiger partial charge in [0.1, 0.15) is 5.69 Å². The number of aromatic amines is 1. The minimum Gasteiger partial charge on any atom is -0.389 e. The molecule has 2 fully saturated rings. The highest BCUT2D eigenvalue weighted by Gasteiger charge is 2.40.